The van der Waals surface area contributed by atoms with Crippen LogP contribution in [0.15, 0.2) is 0 Å². The van der Waals surface area contributed by atoms with Crippen LogP contribution in [-0.4, -0.2) is 49.2 Å². The zero-order chi connectivity index (χ0) is 10.6. The van der Waals surface area contributed by atoms with Crippen LogP contribution in [0.1, 0.15) is 20.8 Å². The molecule has 1 fully saturated rings. The maximum Gasteiger partial charge on any atom is 0.234 e. The van der Waals surface area contributed by atoms with E-state index in [1.807, 2.05) is 20.8 Å². The molecule has 0 bridgehead atoms. The van der Waals surface area contributed by atoms with E-state index in [1.165, 1.54) is 0 Å². The van der Waals surface area contributed by atoms with Gasteiger partial charge in [0.05, 0.1) is 19.3 Å². The summed E-state index contributed by atoms with van der Waals surface area (Å²) in [7, 11) is 0. The van der Waals surface area contributed by atoms with Crippen LogP contribution < -0.4 is 5.32 Å². The number of nitrogens with one attached hydrogen (secondary N) is 1. The minimum absolute atomic E-state index is 0.106. The first-order valence-corrected chi connectivity index (χ1v) is 5.21. The van der Waals surface area contributed by atoms with E-state index in [-0.39, 0.29) is 18.1 Å². The zero-order valence-electron chi connectivity index (χ0n) is 9.25. The van der Waals surface area contributed by atoms with Crippen molar-refractivity contribution in [3.05, 3.63) is 0 Å². The van der Waals surface area contributed by atoms with Gasteiger partial charge < -0.3 is 10.1 Å². The lowest BCUT2D eigenvalue weighted by Crippen LogP contribution is -2.47. The van der Waals surface area contributed by atoms with E-state index < -0.39 is 0 Å². The number of hydrogen-bond acceptors (Lipinski definition) is 3. The molecule has 0 aromatic carbocycles. The lowest BCUT2D eigenvalue weighted by Gasteiger charge is -2.30. The summed E-state index contributed by atoms with van der Waals surface area (Å²) in [6.07, 6.45) is 0.246. The molecule has 1 aliphatic heterocycles. The summed E-state index contributed by atoms with van der Waals surface area (Å²) in [6.45, 7) is 8.91. The van der Waals surface area contributed by atoms with Gasteiger partial charge in [-0.25, -0.2) is 0 Å². The van der Waals surface area contributed by atoms with Crippen LogP contribution >= 0.6 is 0 Å². The third-order valence-corrected chi connectivity index (χ3v) is 2.14. The summed E-state index contributed by atoms with van der Waals surface area (Å²) in [5, 5.41) is 2.88. The van der Waals surface area contributed by atoms with Gasteiger partial charge in [0.2, 0.25) is 5.91 Å². The fourth-order valence-electron chi connectivity index (χ4n) is 1.60. The fourth-order valence-corrected chi connectivity index (χ4v) is 1.60. The van der Waals surface area contributed by atoms with Gasteiger partial charge in [-0.3, -0.25) is 9.69 Å². The van der Waals surface area contributed by atoms with Crippen molar-refractivity contribution in [2.45, 2.75) is 32.9 Å². The minimum Gasteiger partial charge on any atom is -0.376 e. The predicted octanol–water partition coefficient (Wildman–Crippen LogP) is 0.232. The molecule has 1 heterocycles. The van der Waals surface area contributed by atoms with E-state index in [2.05, 4.69) is 10.2 Å². The lowest BCUT2D eigenvalue weighted by molar-refractivity contribution is -0.124. The fraction of sp³-hybridized carbons (Fsp3) is 0.900. The second kappa shape index (κ2) is 5.32. The van der Waals surface area contributed by atoms with Crippen molar-refractivity contribution < 1.29 is 9.53 Å². The van der Waals surface area contributed by atoms with E-state index in [0.717, 1.165) is 19.7 Å². The Morgan fingerprint density at radius 1 is 1.64 bits per heavy atom. The molecule has 0 aliphatic carbocycles. The Balaban J connectivity index is 2.25. The van der Waals surface area contributed by atoms with Gasteiger partial charge in [-0.15, -0.1) is 0 Å². The van der Waals surface area contributed by atoms with E-state index in [4.69, 9.17) is 4.74 Å². The van der Waals surface area contributed by atoms with Crippen molar-refractivity contribution in [2.75, 3.05) is 26.2 Å². The van der Waals surface area contributed by atoms with Crippen LogP contribution in [0.5, 0.6) is 0 Å². The average molecular weight is 200 g/mol. The van der Waals surface area contributed by atoms with Gasteiger partial charge >= 0.3 is 0 Å². The maximum absolute atomic E-state index is 11.4. The van der Waals surface area contributed by atoms with E-state index in [9.17, 15) is 4.79 Å². The summed E-state index contributed by atoms with van der Waals surface area (Å²) >= 11 is 0. The monoisotopic (exact) mass is 200 g/mol. The summed E-state index contributed by atoms with van der Waals surface area (Å²) in [5.74, 6) is 0.106. The van der Waals surface area contributed by atoms with Crippen molar-refractivity contribution in [3.63, 3.8) is 0 Å². The number of rotatable bonds is 3. The van der Waals surface area contributed by atoms with Gasteiger partial charge in [0.1, 0.15) is 0 Å². The van der Waals surface area contributed by atoms with E-state index >= 15 is 0 Å². The topological polar surface area (TPSA) is 41.6 Å². The zero-order valence-corrected chi connectivity index (χ0v) is 9.25. The number of carbonyl (C=O) groups excluding carboxylic acids is 1. The molecule has 0 saturated carbocycles. The van der Waals surface area contributed by atoms with Gasteiger partial charge in [0, 0.05) is 19.1 Å². The molecular formula is C10H20N2O2. The normalized spacial score (nSPS) is 23.9. The predicted molar refractivity (Wildman–Crippen MR) is 55.1 cm³/mol. The smallest absolute Gasteiger partial charge is 0.234 e. The summed E-state index contributed by atoms with van der Waals surface area (Å²) in [6, 6.07) is 0.223. The highest BCUT2D eigenvalue weighted by Crippen LogP contribution is 2.03. The molecule has 0 spiro atoms. The first-order chi connectivity index (χ1) is 6.58. The number of nitrogens with zero attached hydrogens (tertiary/aromatic N) is 1. The third kappa shape index (κ3) is 4.07. The highest BCUT2D eigenvalue weighted by Gasteiger charge is 2.18. The lowest BCUT2D eigenvalue weighted by atomic mass is 10.3. The molecule has 1 atom stereocenters. The molecule has 1 amide bonds. The molecule has 82 valence electrons. The largest absolute Gasteiger partial charge is 0.376 e. The Bertz CT molecular complexity index is 195. The molecule has 0 aromatic heterocycles. The summed E-state index contributed by atoms with van der Waals surface area (Å²) in [5.41, 5.74) is 0. The summed E-state index contributed by atoms with van der Waals surface area (Å²) in [4.78, 5) is 13.6. The average Bonchev–Trinajstić information content (AvgIpc) is 2.01. The Morgan fingerprint density at radius 2 is 2.36 bits per heavy atom. The van der Waals surface area contributed by atoms with Crippen molar-refractivity contribution in [1.29, 1.82) is 0 Å². The van der Waals surface area contributed by atoms with Crippen LogP contribution in [0.25, 0.3) is 0 Å². The number of hydrogen-bond donors (Lipinski definition) is 1. The van der Waals surface area contributed by atoms with Gasteiger partial charge in [-0.1, -0.05) is 0 Å². The van der Waals surface area contributed by atoms with Crippen LogP contribution in [0.3, 0.4) is 0 Å². The number of ether oxygens (including phenoxy) is 1. The molecule has 14 heavy (non-hydrogen) atoms. The molecule has 4 nitrogen and oxygen atoms in total. The van der Waals surface area contributed by atoms with Crippen LogP contribution in [0.2, 0.25) is 0 Å². The second-order valence-corrected chi connectivity index (χ2v) is 4.14. The van der Waals surface area contributed by atoms with Crippen LogP contribution in [-0.2, 0) is 9.53 Å². The molecule has 1 aliphatic rings. The summed E-state index contributed by atoms with van der Waals surface area (Å²) < 4.78 is 5.40. The van der Waals surface area contributed by atoms with Crippen molar-refractivity contribution >= 4 is 5.91 Å². The molecule has 1 rings (SSSR count). The van der Waals surface area contributed by atoms with Crippen LogP contribution in [0, 0.1) is 0 Å². The molecule has 4 heteroatoms. The molecule has 1 saturated heterocycles. The number of morpholine rings is 1. The quantitative estimate of drug-likeness (QED) is 0.709. The minimum atomic E-state index is 0.106. The molecular weight excluding hydrogens is 180 g/mol. The first kappa shape index (κ1) is 11.5. The molecule has 1 N–H and O–H groups in total. The third-order valence-electron chi connectivity index (χ3n) is 2.14. The standard InChI is InChI=1S/C10H20N2O2/c1-8(2)11-10(13)7-12-4-5-14-9(3)6-12/h8-9H,4-7H2,1-3H3,(H,11,13). The Labute approximate surface area is 85.6 Å². The second-order valence-electron chi connectivity index (χ2n) is 4.14. The maximum atomic E-state index is 11.4. The van der Waals surface area contributed by atoms with Gasteiger partial charge in [-0.05, 0) is 20.8 Å². The van der Waals surface area contributed by atoms with Gasteiger partial charge in [0.25, 0.3) is 0 Å². The molecule has 0 aromatic rings. The SMILES string of the molecule is CC(C)NC(=O)CN1CCOC(C)C1. The van der Waals surface area contributed by atoms with Crippen LogP contribution in [0.4, 0.5) is 0 Å². The number of amides is 1. The first-order valence-electron chi connectivity index (χ1n) is 5.21. The van der Waals surface area contributed by atoms with Crippen molar-refractivity contribution in [2.24, 2.45) is 0 Å². The Hall–Kier alpha value is -0.610. The molecule has 1 unspecified atom stereocenters. The van der Waals surface area contributed by atoms with Gasteiger partial charge in [-0.2, -0.15) is 0 Å². The van der Waals surface area contributed by atoms with E-state index in [0.29, 0.717) is 6.54 Å². The van der Waals surface area contributed by atoms with Crippen molar-refractivity contribution in [1.82, 2.24) is 10.2 Å². The van der Waals surface area contributed by atoms with Crippen molar-refractivity contribution in [3.8, 4) is 0 Å². The molecule has 0 radical (unpaired) electrons. The van der Waals surface area contributed by atoms with E-state index in [1.54, 1.807) is 0 Å². The Morgan fingerprint density at radius 3 is 2.93 bits per heavy atom. The van der Waals surface area contributed by atoms with Gasteiger partial charge in [0.15, 0.2) is 0 Å². The Kier molecular flexibility index (Phi) is 4.35. The highest BCUT2D eigenvalue weighted by molar-refractivity contribution is 5.78. The highest BCUT2D eigenvalue weighted by atomic mass is 16.5. The number of carbonyl (C=O) groups is 1.